The van der Waals surface area contributed by atoms with Gasteiger partial charge in [0, 0.05) is 25.3 Å². The van der Waals surface area contributed by atoms with E-state index in [0.717, 1.165) is 13.1 Å². The number of nitrogens with one attached hydrogen (secondary N) is 2. The predicted octanol–water partition coefficient (Wildman–Crippen LogP) is 0.718. The number of para-hydroxylation sites is 1. The van der Waals surface area contributed by atoms with Crippen LogP contribution < -0.4 is 10.6 Å². The van der Waals surface area contributed by atoms with E-state index in [4.69, 9.17) is 16.3 Å². The molecular weight excluding hydrogens is 306 g/mol. The van der Waals surface area contributed by atoms with E-state index in [-0.39, 0.29) is 11.8 Å². The summed E-state index contributed by atoms with van der Waals surface area (Å²) in [5.41, 5.74) is 1.24. The molecule has 0 saturated carbocycles. The molecule has 6 nitrogen and oxygen atoms in total. The Morgan fingerprint density at radius 1 is 1.36 bits per heavy atom. The van der Waals surface area contributed by atoms with E-state index in [1.54, 1.807) is 6.07 Å². The normalized spacial score (nSPS) is 17.0. The Bertz CT molecular complexity index is 481. The monoisotopic (exact) mass is 327 g/mol. The molecule has 1 atom stereocenters. The fraction of sp³-hybridized carbons (Fsp3) is 0.533. The number of nitrogens with zero attached hydrogens (tertiary/aromatic N) is 1. The van der Waals surface area contributed by atoms with Crippen LogP contribution in [0.4, 0.5) is 5.69 Å². The SMILES string of the molecule is O=C(NCN1CCOCC1)c1ccccc1NCC(O)CCl. The van der Waals surface area contributed by atoms with E-state index < -0.39 is 6.10 Å². The van der Waals surface area contributed by atoms with E-state index in [1.807, 2.05) is 18.2 Å². The molecule has 1 aliphatic heterocycles. The molecule has 0 spiro atoms. The van der Waals surface area contributed by atoms with Gasteiger partial charge in [0.15, 0.2) is 0 Å². The van der Waals surface area contributed by atoms with E-state index in [2.05, 4.69) is 15.5 Å². The van der Waals surface area contributed by atoms with Gasteiger partial charge >= 0.3 is 0 Å². The summed E-state index contributed by atoms with van der Waals surface area (Å²) in [6.45, 7) is 3.84. The highest BCUT2D eigenvalue weighted by atomic mass is 35.5. The molecule has 122 valence electrons. The van der Waals surface area contributed by atoms with Crippen molar-refractivity contribution in [3.05, 3.63) is 29.8 Å². The summed E-state index contributed by atoms with van der Waals surface area (Å²) >= 11 is 5.57. The number of anilines is 1. The lowest BCUT2D eigenvalue weighted by atomic mass is 10.1. The zero-order valence-corrected chi connectivity index (χ0v) is 13.2. The molecule has 0 radical (unpaired) electrons. The first-order valence-electron chi connectivity index (χ1n) is 7.36. The van der Waals surface area contributed by atoms with E-state index >= 15 is 0 Å². The third-order valence-electron chi connectivity index (χ3n) is 3.44. The Hall–Kier alpha value is -1.34. The summed E-state index contributed by atoms with van der Waals surface area (Å²) in [4.78, 5) is 14.5. The van der Waals surface area contributed by atoms with Gasteiger partial charge in [-0.25, -0.2) is 0 Å². The van der Waals surface area contributed by atoms with E-state index in [0.29, 0.717) is 37.7 Å². The molecule has 3 N–H and O–H groups in total. The smallest absolute Gasteiger partial charge is 0.254 e. The van der Waals surface area contributed by atoms with Crippen LogP contribution in [0.1, 0.15) is 10.4 Å². The number of halogens is 1. The summed E-state index contributed by atoms with van der Waals surface area (Å²) in [5, 5.41) is 15.5. The van der Waals surface area contributed by atoms with Gasteiger partial charge < -0.3 is 20.5 Å². The van der Waals surface area contributed by atoms with Crippen LogP contribution in [-0.4, -0.2) is 67.4 Å². The van der Waals surface area contributed by atoms with E-state index in [9.17, 15) is 9.90 Å². The van der Waals surface area contributed by atoms with Crippen molar-refractivity contribution in [2.45, 2.75) is 6.10 Å². The predicted molar refractivity (Wildman–Crippen MR) is 86.4 cm³/mol. The van der Waals surface area contributed by atoms with Gasteiger partial charge in [-0.15, -0.1) is 11.6 Å². The number of benzene rings is 1. The molecule has 1 unspecified atom stereocenters. The summed E-state index contributed by atoms with van der Waals surface area (Å²) in [7, 11) is 0. The molecule has 1 amide bonds. The number of morpholine rings is 1. The van der Waals surface area contributed by atoms with Crippen LogP contribution in [0.3, 0.4) is 0 Å². The zero-order valence-electron chi connectivity index (χ0n) is 12.4. The Labute approximate surface area is 135 Å². The summed E-state index contributed by atoms with van der Waals surface area (Å²) in [6.07, 6.45) is -0.647. The Morgan fingerprint density at radius 2 is 2.09 bits per heavy atom. The number of hydrogen-bond acceptors (Lipinski definition) is 5. The maximum atomic E-state index is 12.3. The Balaban J connectivity index is 1.90. The minimum Gasteiger partial charge on any atom is -0.390 e. The molecule has 1 heterocycles. The molecule has 0 bridgehead atoms. The number of rotatable bonds is 7. The van der Waals surface area contributed by atoms with Crippen molar-refractivity contribution >= 4 is 23.2 Å². The second-order valence-corrected chi connectivity index (χ2v) is 5.44. The van der Waals surface area contributed by atoms with Crippen LogP contribution in [0.5, 0.6) is 0 Å². The second-order valence-electron chi connectivity index (χ2n) is 5.13. The van der Waals surface area contributed by atoms with Gasteiger partial charge in [0.25, 0.3) is 5.91 Å². The highest BCUT2D eigenvalue weighted by molar-refractivity contribution is 6.18. The minimum atomic E-state index is -0.647. The van der Waals surface area contributed by atoms with Gasteiger partial charge in [0.1, 0.15) is 0 Å². The van der Waals surface area contributed by atoms with E-state index in [1.165, 1.54) is 0 Å². The molecule has 1 aliphatic rings. The highest BCUT2D eigenvalue weighted by Crippen LogP contribution is 2.15. The van der Waals surface area contributed by atoms with Crippen molar-refractivity contribution in [1.82, 2.24) is 10.2 Å². The molecule has 2 rings (SSSR count). The van der Waals surface area contributed by atoms with Crippen molar-refractivity contribution < 1.29 is 14.6 Å². The largest absolute Gasteiger partial charge is 0.390 e. The van der Waals surface area contributed by atoms with Crippen molar-refractivity contribution in [2.24, 2.45) is 0 Å². The molecule has 0 aliphatic carbocycles. The van der Waals surface area contributed by atoms with Gasteiger partial charge in [-0.3, -0.25) is 9.69 Å². The molecule has 1 aromatic carbocycles. The second kappa shape index (κ2) is 8.95. The fourth-order valence-corrected chi connectivity index (χ4v) is 2.26. The van der Waals surface area contributed by atoms with Gasteiger partial charge in [0.05, 0.1) is 37.4 Å². The quantitative estimate of drug-likeness (QED) is 0.644. The molecule has 1 fully saturated rings. The summed E-state index contributed by atoms with van der Waals surface area (Å²) < 4.78 is 5.28. The maximum Gasteiger partial charge on any atom is 0.254 e. The number of carbonyl (C=O) groups is 1. The van der Waals surface area contributed by atoms with Crippen molar-refractivity contribution in [3.8, 4) is 0 Å². The number of alkyl halides is 1. The van der Waals surface area contributed by atoms with Gasteiger partial charge in [-0.05, 0) is 12.1 Å². The van der Waals surface area contributed by atoms with Crippen LogP contribution in [0, 0.1) is 0 Å². The average Bonchev–Trinajstić information content (AvgIpc) is 2.58. The number of aliphatic hydroxyl groups is 1. The maximum absolute atomic E-state index is 12.3. The lowest BCUT2D eigenvalue weighted by Crippen LogP contribution is -2.43. The Kier molecular flexibility index (Phi) is 6.92. The van der Waals surface area contributed by atoms with Crippen LogP contribution in [0.2, 0.25) is 0 Å². The molecule has 1 aromatic rings. The zero-order chi connectivity index (χ0) is 15.8. The Morgan fingerprint density at radius 3 is 2.82 bits per heavy atom. The van der Waals surface area contributed by atoms with Gasteiger partial charge in [-0.1, -0.05) is 12.1 Å². The van der Waals surface area contributed by atoms with Gasteiger partial charge in [0.2, 0.25) is 0 Å². The van der Waals surface area contributed by atoms with Crippen molar-refractivity contribution in [3.63, 3.8) is 0 Å². The van der Waals surface area contributed by atoms with Crippen LogP contribution in [0.15, 0.2) is 24.3 Å². The van der Waals surface area contributed by atoms with Crippen molar-refractivity contribution in [1.29, 1.82) is 0 Å². The molecule has 1 saturated heterocycles. The molecule has 7 heteroatoms. The lowest BCUT2D eigenvalue weighted by molar-refractivity contribution is 0.0334. The minimum absolute atomic E-state index is 0.144. The van der Waals surface area contributed by atoms with Crippen LogP contribution >= 0.6 is 11.6 Å². The number of hydrogen-bond donors (Lipinski definition) is 3. The molecular formula is C15H22ClN3O3. The number of carbonyl (C=O) groups excluding carboxylic acids is 1. The van der Waals surface area contributed by atoms with Crippen LogP contribution in [-0.2, 0) is 4.74 Å². The third-order valence-corrected chi connectivity index (χ3v) is 3.80. The van der Waals surface area contributed by atoms with Gasteiger partial charge in [-0.2, -0.15) is 0 Å². The average molecular weight is 328 g/mol. The number of ether oxygens (including phenoxy) is 1. The third kappa shape index (κ3) is 5.14. The highest BCUT2D eigenvalue weighted by Gasteiger charge is 2.14. The topological polar surface area (TPSA) is 73.8 Å². The van der Waals surface area contributed by atoms with Crippen LogP contribution in [0.25, 0.3) is 0 Å². The van der Waals surface area contributed by atoms with Crippen molar-refractivity contribution in [2.75, 3.05) is 50.7 Å². The standard InChI is InChI=1S/C15H22ClN3O3/c16-9-12(20)10-17-14-4-2-1-3-13(14)15(21)18-11-19-5-7-22-8-6-19/h1-4,12,17,20H,5-11H2,(H,18,21). The molecule has 0 aromatic heterocycles. The number of amides is 1. The first-order chi connectivity index (χ1) is 10.7. The first-order valence-corrected chi connectivity index (χ1v) is 7.89. The molecule has 22 heavy (non-hydrogen) atoms. The summed E-state index contributed by atoms with van der Waals surface area (Å²) in [6, 6.07) is 7.22. The number of aliphatic hydroxyl groups excluding tert-OH is 1. The summed E-state index contributed by atoms with van der Waals surface area (Å²) in [5.74, 6) is 0.00762. The first kappa shape index (κ1) is 17.0. The fourth-order valence-electron chi connectivity index (χ4n) is 2.16. The lowest BCUT2D eigenvalue weighted by Gasteiger charge is -2.26.